The van der Waals surface area contributed by atoms with Gasteiger partial charge in [-0.05, 0) is 63.2 Å². The van der Waals surface area contributed by atoms with Gasteiger partial charge in [0.05, 0.1) is 7.11 Å². The van der Waals surface area contributed by atoms with Crippen LogP contribution in [0.1, 0.15) is 50.7 Å². The maximum Gasteiger partial charge on any atom is 0.165 e. The van der Waals surface area contributed by atoms with Crippen LogP contribution in [0, 0.1) is 5.92 Å². The zero-order chi connectivity index (χ0) is 19.9. The van der Waals surface area contributed by atoms with E-state index in [4.69, 9.17) is 9.47 Å². The zero-order valence-electron chi connectivity index (χ0n) is 18.0. The first-order chi connectivity index (χ1) is 13.6. The molecule has 2 aliphatic carbocycles. The summed E-state index contributed by atoms with van der Waals surface area (Å²) in [5.74, 6) is 2.52. The van der Waals surface area contributed by atoms with Gasteiger partial charge in [-0.1, -0.05) is 26.0 Å². The Bertz CT molecular complexity index is 734. The molecule has 0 bridgehead atoms. The lowest BCUT2D eigenvalue weighted by Gasteiger charge is -2.55. The lowest BCUT2D eigenvalue weighted by Crippen LogP contribution is -2.64. The molecular weight excluding hydrogens is 348 g/mol. The highest BCUT2D eigenvalue weighted by Gasteiger charge is 2.63. The molecule has 1 saturated carbocycles. The van der Waals surface area contributed by atoms with Crippen molar-refractivity contribution in [3.8, 4) is 11.5 Å². The Balaban J connectivity index is 1.85. The molecule has 3 aliphatic rings. The van der Waals surface area contributed by atoms with E-state index in [0.717, 1.165) is 43.9 Å². The molecule has 154 valence electrons. The van der Waals surface area contributed by atoms with E-state index in [2.05, 4.69) is 49.8 Å². The number of hydrogen-bond donors (Lipinski definition) is 1. The molecule has 0 amide bonds. The fourth-order valence-corrected chi connectivity index (χ4v) is 6.43. The largest absolute Gasteiger partial charge is 0.493 e. The van der Waals surface area contributed by atoms with Crippen molar-refractivity contribution >= 4 is 0 Å². The van der Waals surface area contributed by atoms with Crippen molar-refractivity contribution in [2.24, 2.45) is 5.92 Å². The minimum atomic E-state index is 0.0706. The second-order valence-electron chi connectivity index (χ2n) is 8.81. The predicted octanol–water partition coefficient (Wildman–Crippen LogP) is 3.92. The topological polar surface area (TPSA) is 33.7 Å². The normalized spacial score (nSPS) is 32.8. The Labute approximate surface area is 170 Å². The second kappa shape index (κ2) is 7.72. The summed E-state index contributed by atoms with van der Waals surface area (Å²) in [5.41, 5.74) is 2.98. The van der Waals surface area contributed by atoms with Crippen LogP contribution in [0.25, 0.3) is 0 Å². The van der Waals surface area contributed by atoms with E-state index < -0.39 is 0 Å². The lowest BCUT2D eigenvalue weighted by molar-refractivity contribution is -0.0196. The number of nitrogens with one attached hydrogen (secondary N) is 1. The molecule has 0 saturated heterocycles. The highest BCUT2D eigenvalue weighted by atomic mass is 16.5. The summed E-state index contributed by atoms with van der Waals surface area (Å²) in [6.07, 6.45) is 8.00. The lowest BCUT2D eigenvalue weighted by atomic mass is 9.53. The monoisotopic (exact) mass is 384 g/mol. The Morgan fingerprint density at radius 1 is 1.36 bits per heavy atom. The Morgan fingerprint density at radius 3 is 2.86 bits per heavy atom. The summed E-state index contributed by atoms with van der Waals surface area (Å²) in [5, 5.41) is 3.81. The van der Waals surface area contributed by atoms with Crippen LogP contribution < -0.4 is 14.8 Å². The van der Waals surface area contributed by atoms with Crippen LogP contribution in [0.4, 0.5) is 0 Å². The summed E-state index contributed by atoms with van der Waals surface area (Å²) in [6.45, 7) is 10.6. The van der Waals surface area contributed by atoms with E-state index >= 15 is 0 Å². The molecule has 4 heteroatoms. The van der Waals surface area contributed by atoms with E-state index in [1.54, 1.807) is 7.11 Å². The number of likely N-dealkylation sites (N-methyl/N-ethyl adjacent to an activating group) is 1. The fourth-order valence-electron chi connectivity index (χ4n) is 6.43. The van der Waals surface area contributed by atoms with Crippen LogP contribution in [0.15, 0.2) is 24.8 Å². The molecule has 4 rings (SSSR count). The van der Waals surface area contributed by atoms with Gasteiger partial charge in [0.1, 0.15) is 6.10 Å². The van der Waals surface area contributed by atoms with Gasteiger partial charge in [0, 0.05) is 29.6 Å². The van der Waals surface area contributed by atoms with Gasteiger partial charge in [-0.3, -0.25) is 4.90 Å². The van der Waals surface area contributed by atoms with Crippen LogP contribution >= 0.6 is 0 Å². The third-order valence-corrected chi connectivity index (χ3v) is 7.58. The second-order valence-corrected chi connectivity index (χ2v) is 8.81. The third kappa shape index (κ3) is 2.72. The minimum absolute atomic E-state index is 0.0706. The van der Waals surface area contributed by atoms with Crippen molar-refractivity contribution in [2.75, 3.05) is 27.2 Å². The van der Waals surface area contributed by atoms with E-state index in [1.165, 1.54) is 24.0 Å². The van der Waals surface area contributed by atoms with Gasteiger partial charge in [-0.25, -0.2) is 0 Å². The highest BCUT2D eigenvalue weighted by Crippen LogP contribution is 2.62. The molecule has 1 fully saturated rings. The molecule has 0 spiro atoms. The van der Waals surface area contributed by atoms with Crippen molar-refractivity contribution in [1.29, 1.82) is 0 Å². The van der Waals surface area contributed by atoms with Crippen LogP contribution in [-0.2, 0) is 11.8 Å². The first-order valence-corrected chi connectivity index (χ1v) is 11.0. The number of methoxy groups -OCH3 is 1. The van der Waals surface area contributed by atoms with Gasteiger partial charge in [-0.2, -0.15) is 0 Å². The molecule has 4 unspecified atom stereocenters. The number of nitrogens with zero attached hydrogens (tertiary/aromatic N) is 1. The molecule has 0 aromatic heterocycles. The molecule has 0 radical (unpaired) electrons. The molecule has 1 aromatic rings. The minimum Gasteiger partial charge on any atom is -0.493 e. The predicted molar refractivity (Wildman–Crippen MR) is 115 cm³/mol. The number of ether oxygens (including phenoxy) is 2. The molecule has 4 nitrogen and oxygen atoms in total. The summed E-state index contributed by atoms with van der Waals surface area (Å²) in [4.78, 5) is 2.51. The molecule has 1 heterocycles. The van der Waals surface area contributed by atoms with E-state index in [0.29, 0.717) is 18.0 Å². The van der Waals surface area contributed by atoms with Gasteiger partial charge in [-0.15, -0.1) is 6.58 Å². The smallest absolute Gasteiger partial charge is 0.165 e. The van der Waals surface area contributed by atoms with E-state index in [-0.39, 0.29) is 11.5 Å². The molecular formula is C24H36N2O2. The van der Waals surface area contributed by atoms with Gasteiger partial charge >= 0.3 is 0 Å². The van der Waals surface area contributed by atoms with Crippen molar-refractivity contribution in [1.82, 2.24) is 10.2 Å². The summed E-state index contributed by atoms with van der Waals surface area (Å²) >= 11 is 0. The molecule has 28 heavy (non-hydrogen) atoms. The molecule has 1 N–H and O–H groups in total. The number of rotatable bonds is 8. The quantitative estimate of drug-likeness (QED) is 0.689. The van der Waals surface area contributed by atoms with Gasteiger partial charge in [0.25, 0.3) is 0 Å². The van der Waals surface area contributed by atoms with Crippen molar-refractivity contribution in [3.63, 3.8) is 0 Å². The van der Waals surface area contributed by atoms with E-state index in [1.807, 2.05) is 6.08 Å². The molecule has 5 atom stereocenters. The third-order valence-electron chi connectivity index (χ3n) is 7.58. The van der Waals surface area contributed by atoms with E-state index in [9.17, 15) is 0 Å². The maximum absolute atomic E-state index is 6.79. The summed E-state index contributed by atoms with van der Waals surface area (Å²) in [6, 6.07) is 5.33. The van der Waals surface area contributed by atoms with Crippen LogP contribution in [0.5, 0.6) is 11.5 Å². The highest BCUT2D eigenvalue weighted by molar-refractivity contribution is 5.60. The van der Waals surface area contributed by atoms with Crippen molar-refractivity contribution < 1.29 is 9.47 Å². The Morgan fingerprint density at radius 2 is 2.18 bits per heavy atom. The van der Waals surface area contributed by atoms with Crippen molar-refractivity contribution in [2.45, 2.75) is 69.6 Å². The Kier molecular flexibility index (Phi) is 5.45. The van der Waals surface area contributed by atoms with Crippen molar-refractivity contribution in [3.05, 3.63) is 35.9 Å². The number of benzene rings is 1. The zero-order valence-corrected chi connectivity index (χ0v) is 18.0. The average molecular weight is 385 g/mol. The Hall–Kier alpha value is -1.52. The van der Waals surface area contributed by atoms with Gasteiger partial charge in [0.2, 0.25) is 0 Å². The summed E-state index contributed by atoms with van der Waals surface area (Å²) < 4.78 is 12.5. The first-order valence-electron chi connectivity index (χ1n) is 11.0. The number of hydrogen-bond acceptors (Lipinski definition) is 4. The van der Waals surface area contributed by atoms with Gasteiger partial charge in [0.15, 0.2) is 11.5 Å². The van der Waals surface area contributed by atoms with Crippen LogP contribution in [0.2, 0.25) is 0 Å². The molecule has 1 aliphatic heterocycles. The van der Waals surface area contributed by atoms with Crippen LogP contribution in [-0.4, -0.2) is 50.3 Å². The van der Waals surface area contributed by atoms with Crippen LogP contribution in [0.3, 0.4) is 0 Å². The molecule has 1 aromatic carbocycles. The first kappa shape index (κ1) is 19.8. The maximum atomic E-state index is 6.79. The standard InChI is InChI=1S/C24H36N2O2/c1-6-13-25-18-11-10-17-19(26(4)14-7-2)15-16-9-12-20(27-5)22-21(16)24(17,8-3)23(18)28-22/h7,9,12,17-19,23,25H,2,6,8,10-11,13-15H2,1,3-5H3/t17?,18?,19?,23?,24-/m1/s1. The average Bonchev–Trinajstić information content (AvgIpc) is 3.08. The summed E-state index contributed by atoms with van der Waals surface area (Å²) in [7, 11) is 4.02. The van der Waals surface area contributed by atoms with Gasteiger partial charge < -0.3 is 14.8 Å². The SMILES string of the molecule is C=CCN(C)C1Cc2ccc(OC)c3c2[C@@]2(CC)C1CCC(NCCC)C2O3. The fraction of sp³-hybridized carbons (Fsp3) is 0.667.